The van der Waals surface area contributed by atoms with Crippen LogP contribution in [0.4, 0.5) is 5.69 Å². The second-order valence-electron chi connectivity index (χ2n) is 4.11. The van der Waals surface area contributed by atoms with Gasteiger partial charge in [0.05, 0.1) is 4.92 Å². The summed E-state index contributed by atoms with van der Waals surface area (Å²) in [6.07, 6.45) is 0. The molecule has 4 nitrogen and oxygen atoms in total. The molecule has 0 aliphatic carbocycles. The van der Waals surface area contributed by atoms with Crippen molar-refractivity contribution in [3.8, 4) is 11.5 Å². The van der Waals surface area contributed by atoms with Gasteiger partial charge in [0.25, 0.3) is 0 Å². The van der Waals surface area contributed by atoms with Gasteiger partial charge in [-0.1, -0.05) is 18.2 Å². The van der Waals surface area contributed by atoms with Gasteiger partial charge in [-0.15, -0.1) is 11.6 Å². The van der Waals surface area contributed by atoms with Crippen molar-refractivity contribution < 1.29 is 9.66 Å². The molecule has 2 rings (SSSR count). The molecule has 0 aliphatic heterocycles. The zero-order valence-electron chi connectivity index (χ0n) is 10.3. The minimum Gasteiger partial charge on any atom is -0.450 e. The summed E-state index contributed by atoms with van der Waals surface area (Å²) in [7, 11) is 0. The van der Waals surface area contributed by atoms with Gasteiger partial charge >= 0.3 is 5.69 Å². The van der Waals surface area contributed by atoms with Crippen LogP contribution in [0.2, 0.25) is 0 Å². The molecule has 19 heavy (non-hydrogen) atoms. The molecule has 0 aromatic heterocycles. The number of aryl methyl sites for hydroxylation is 1. The van der Waals surface area contributed by atoms with E-state index in [9.17, 15) is 10.1 Å². The number of halogens is 1. The molecular formula is C14H12ClNO3. The van der Waals surface area contributed by atoms with Crippen molar-refractivity contribution in [3.63, 3.8) is 0 Å². The lowest BCUT2D eigenvalue weighted by Crippen LogP contribution is -1.94. The van der Waals surface area contributed by atoms with Gasteiger partial charge in [0, 0.05) is 11.9 Å². The van der Waals surface area contributed by atoms with Gasteiger partial charge in [0.1, 0.15) is 5.75 Å². The van der Waals surface area contributed by atoms with Crippen molar-refractivity contribution >= 4 is 17.3 Å². The lowest BCUT2D eigenvalue weighted by molar-refractivity contribution is -0.385. The summed E-state index contributed by atoms with van der Waals surface area (Å²) in [5, 5.41) is 11.0. The van der Waals surface area contributed by atoms with Crippen LogP contribution in [0.25, 0.3) is 0 Å². The first-order valence-electron chi connectivity index (χ1n) is 5.68. The summed E-state index contributed by atoms with van der Waals surface area (Å²) in [6, 6.07) is 12.0. The number of nitro benzene ring substituents is 1. The quantitative estimate of drug-likeness (QED) is 0.472. The maximum Gasteiger partial charge on any atom is 0.311 e. The average molecular weight is 278 g/mol. The fourth-order valence-electron chi connectivity index (χ4n) is 1.63. The largest absolute Gasteiger partial charge is 0.450 e. The fourth-order valence-corrected chi connectivity index (χ4v) is 1.81. The van der Waals surface area contributed by atoms with Crippen LogP contribution in [0.1, 0.15) is 11.1 Å². The molecule has 0 unspecified atom stereocenters. The van der Waals surface area contributed by atoms with Gasteiger partial charge in [-0.2, -0.15) is 0 Å². The molecule has 0 radical (unpaired) electrons. The van der Waals surface area contributed by atoms with Gasteiger partial charge < -0.3 is 4.74 Å². The molecule has 0 spiro atoms. The smallest absolute Gasteiger partial charge is 0.311 e. The van der Waals surface area contributed by atoms with E-state index >= 15 is 0 Å². The van der Waals surface area contributed by atoms with E-state index in [0.29, 0.717) is 11.6 Å². The summed E-state index contributed by atoms with van der Waals surface area (Å²) >= 11 is 5.69. The van der Waals surface area contributed by atoms with Crippen molar-refractivity contribution in [2.24, 2.45) is 0 Å². The molecule has 0 atom stereocenters. The summed E-state index contributed by atoms with van der Waals surface area (Å²) in [5.41, 5.74) is 1.74. The average Bonchev–Trinajstić information content (AvgIpc) is 2.41. The number of hydrogen-bond donors (Lipinski definition) is 0. The lowest BCUT2D eigenvalue weighted by atomic mass is 10.2. The molecule has 0 fully saturated rings. The maximum atomic E-state index is 11.0. The molecule has 0 heterocycles. The summed E-state index contributed by atoms with van der Waals surface area (Å²) < 4.78 is 5.54. The molecule has 0 bridgehead atoms. The van der Waals surface area contributed by atoms with Gasteiger partial charge in [0.2, 0.25) is 5.75 Å². The van der Waals surface area contributed by atoms with Gasteiger partial charge in [0.15, 0.2) is 0 Å². The Kier molecular flexibility index (Phi) is 4.02. The van der Waals surface area contributed by atoms with E-state index in [-0.39, 0.29) is 11.4 Å². The predicted octanol–water partition coefficient (Wildman–Crippen LogP) is 4.43. The first-order valence-corrected chi connectivity index (χ1v) is 6.21. The minimum absolute atomic E-state index is 0.0404. The van der Waals surface area contributed by atoms with Crippen LogP contribution in [-0.2, 0) is 5.88 Å². The van der Waals surface area contributed by atoms with Crippen LogP contribution in [-0.4, -0.2) is 4.92 Å². The van der Waals surface area contributed by atoms with E-state index in [4.69, 9.17) is 16.3 Å². The Hall–Kier alpha value is -2.07. The van der Waals surface area contributed by atoms with Gasteiger partial charge in [-0.25, -0.2) is 0 Å². The maximum absolute atomic E-state index is 11.0. The Bertz CT molecular complexity index is 596. The summed E-state index contributed by atoms with van der Waals surface area (Å²) in [4.78, 5) is 10.5. The molecule has 98 valence electrons. The minimum atomic E-state index is -0.449. The zero-order chi connectivity index (χ0) is 13.8. The molecule has 5 heteroatoms. The summed E-state index contributed by atoms with van der Waals surface area (Å²) in [5.74, 6) is 1.19. The number of rotatable bonds is 4. The van der Waals surface area contributed by atoms with E-state index in [2.05, 4.69) is 0 Å². The third-order valence-electron chi connectivity index (χ3n) is 2.62. The van der Waals surface area contributed by atoms with Crippen molar-refractivity contribution in [2.75, 3.05) is 0 Å². The van der Waals surface area contributed by atoms with Crippen molar-refractivity contribution in [1.82, 2.24) is 0 Å². The Balaban J connectivity index is 2.29. The normalized spacial score (nSPS) is 10.2. The SMILES string of the molecule is Cc1ccc(Oc2ccc(CCl)cc2)c([N+](=O)[O-])c1. The second kappa shape index (κ2) is 5.71. The van der Waals surface area contributed by atoms with E-state index in [1.807, 2.05) is 12.1 Å². The lowest BCUT2D eigenvalue weighted by Gasteiger charge is -2.07. The van der Waals surface area contributed by atoms with Gasteiger partial charge in [-0.3, -0.25) is 10.1 Å². The Labute approximate surface area is 115 Å². The second-order valence-corrected chi connectivity index (χ2v) is 4.38. The Morgan fingerprint density at radius 1 is 1.21 bits per heavy atom. The van der Waals surface area contributed by atoms with E-state index in [0.717, 1.165) is 11.1 Å². The van der Waals surface area contributed by atoms with Crippen molar-refractivity contribution in [3.05, 3.63) is 63.7 Å². The predicted molar refractivity (Wildman–Crippen MR) is 73.9 cm³/mol. The number of benzene rings is 2. The number of nitrogens with zero attached hydrogens (tertiary/aromatic N) is 1. The molecule has 0 N–H and O–H groups in total. The highest BCUT2D eigenvalue weighted by Crippen LogP contribution is 2.32. The van der Waals surface area contributed by atoms with E-state index in [1.54, 1.807) is 31.2 Å². The fraction of sp³-hybridized carbons (Fsp3) is 0.143. The molecule has 0 saturated heterocycles. The molecule has 2 aromatic rings. The molecule has 2 aromatic carbocycles. The third kappa shape index (κ3) is 3.23. The van der Waals surface area contributed by atoms with Gasteiger partial charge in [-0.05, 0) is 36.2 Å². The van der Waals surface area contributed by atoms with Crippen molar-refractivity contribution in [2.45, 2.75) is 12.8 Å². The standard InChI is InChI=1S/C14H12ClNO3/c1-10-2-7-14(13(8-10)16(17)18)19-12-5-3-11(9-15)4-6-12/h2-8H,9H2,1H3. The van der Waals surface area contributed by atoms with Crippen LogP contribution in [0.5, 0.6) is 11.5 Å². The molecule has 0 aliphatic rings. The van der Waals surface area contributed by atoms with Crippen LogP contribution in [0.3, 0.4) is 0 Å². The molecular weight excluding hydrogens is 266 g/mol. The van der Waals surface area contributed by atoms with Crippen LogP contribution in [0.15, 0.2) is 42.5 Å². The number of ether oxygens (including phenoxy) is 1. The van der Waals surface area contributed by atoms with E-state index in [1.165, 1.54) is 6.07 Å². The third-order valence-corrected chi connectivity index (χ3v) is 2.93. The van der Waals surface area contributed by atoms with Crippen molar-refractivity contribution in [1.29, 1.82) is 0 Å². The highest BCUT2D eigenvalue weighted by molar-refractivity contribution is 6.17. The molecule has 0 amide bonds. The summed E-state index contributed by atoms with van der Waals surface area (Å²) in [6.45, 7) is 1.80. The topological polar surface area (TPSA) is 52.4 Å². The number of nitro groups is 1. The highest BCUT2D eigenvalue weighted by atomic mass is 35.5. The van der Waals surface area contributed by atoms with Crippen LogP contribution < -0.4 is 4.74 Å². The zero-order valence-corrected chi connectivity index (χ0v) is 11.1. The van der Waals surface area contributed by atoms with Crippen LogP contribution in [0, 0.1) is 17.0 Å². The monoisotopic (exact) mass is 277 g/mol. The first-order chi connectivity index (χ1) is 9.10. The highest BCUT2D eigenvalue weighted by Gasteiger charge is 2.15. The Morgan fingerprint density at radius 2 is 1.89 bits per heavy atom. The number of alkyl halides is 1. The molecule has 0 saturated carbocycles. The van der Waals surface area contributed by atoms with Crippen LogP contribution >= 0.6 is 11.6 Å². The van der Waals surface area contributed by atoms with E-state index < -0.39 is 4.92 Å². The first kappa shape index (κ1) is 13.4. The number of hydrogen-bond acceptors (Lipinski definition) is 3. The Morgan fingerprint density at radius 3 is 2.47 bits per heavy atom.